The number of hydrogen-bond donors (Lipinski definition) is 2. The minimum atomic E-state index is 0.505. The molecule has 28 heavy (non-hydrogen) atoms. The number of rotatable bonds is 6. The van der Waals surface area contributed by atoms with Gasteiger partial charge in [0.15, 0.2) is 0 Å². The van der Waals surface area contributed by atoms with Crippen LogP contribution in [0.2, 0.25) is 0 Å². The molecule has 0 bridgehead atoms. The molecule has 138 valence electrons. The largest absolute Gasteiger partial charge is 0.457 e. The monoisotopic (exact) mass is 369 g/mol. The summed E-state index contributed by atoms with van der Waals surface area (Å²) < 4.78 is 5.82. The fraction of sp³-hybridized carbons (Fsp3) is 0.0455. The minimum Gasteiger partial charge on any atom is -0.457 e. The van der Waals surface area contributed by atoms with Crippen molar-refractivity contribution in [2.45, 2.75) is 6.92 Å². The molecule has 0 aliphatic heterocycles. The van der Waals surface area contributed by atoms with Crippen LogP contribution in [0.5, 0.6) is 11.5 Å². The Morgan fingerprint density at radius 2 is 1.54 bits per heavy atom. The lowest BCUT2D eigenvalue weighted by Crippen LogP contribution is -2.02. The zero-order valence-corrected chi connectivity index (χ0v) is 15.3. The van der Waals surface area contributed by atoms with E-state index >= 15 is 0 Å². The molecule has 0 unspecified atom stereocenters. The predicted octanol–water partition coefficient (Wildman–Crippen LogP) is 5.46. The standard InChI is InChI=1S/C22H19N5O/c1-16-14-24-22(26-18-6-5-13-23-15-18)27-21(16)25-17-9-11-20(12-10-17)28-19-7-3-2-4-8-19/h2-15H,1H3,(H2,24,25,26,27). The molecule has 0 atom stereocenters. The maximum atomic E-state index is 5.82. The van der Waals surface area contributed by atoms with Gasteiger partial charge in [0.1, 0.15) is 17.3 Å². The van der Waals surface area contributed by atoms with E-state index < -0.39 is 0 Å². The van der Waals surface area contributed by atoms with Gasteiger partial charge in [-0.05, 0) is 55.5 Å². The molecule has 6 heteroatoms. The van der Waals surface area contributed by atoms with Gasteiger partial charge in [-0.25, -0.2) is 4.98 Å². The van der Waals surface area contributed by atoms with E-state index in [1.165, 1.54) is 0 Å². The van der Waals surface area contributed by atoms with Crippen molar-refractivity contribution < 1.29 is 4.74 Å². The van der Waals surface area contributed by atoms with Crippen LogP contribution in [0.1, 0.15) is 5.56 Å². The van der Waals surface area contributed by atoms with Gasteiger partial charge in [0, 0.05) is 23.6 Å². The maximum Gasteiger partial charge on any atom is 0.229 e. The molecule has 0 fully saturated rings. The molecule has 2 aromatic carbocycles. The van der Waals surface area contributed by atoms with Crippen molar-refractivity contribution in [3.63, 3.8) is 0 Å². The van der Waals surface area contributed by atoms with Crippen molar-refractivity contribution in [3.8, 4) is 11.5 Å². The van der Waals surface area contributed by atoms with Gasteiger partial charge in [-0.3, -0.25) is 4.98 Å². The van der Waals surface area contributed by atoms with Crippen LogP contribution in [0.25, 0.3) is 0 Å². The summed E-state index contributed by atoms with van der Waals surface area (Å²) in [6, 6.07) is 21.2. The summed E-state index contributed by atoms with van der Waals surface area (Å²) in [5.74, 6) is 2.82. The number of hydrogen-bond acceptors (Lipinski definition) is 6. The van der Waals surface area contributed by atoms with Crippen LogP contribution in [0, 0.1) is 6.92 Å². The van der Waals surface area contributed by atoms with Gasteiger partial charge in [0.05, 0.1) is 11.9 Å². The Morgan fingerprint density at radius 3 is 2.29 bits per heavy atom. The molecular weight excluding hydrogens is 350 g/mol. The van der Waals surface area contributed by atoms with E-state index in [9.17, 15) is 0 Å². The summed E-state index contributed by atoms with van der Waals surface area (Å²) in [6.45, 7) is 1.96. The smallest absolute Gasteiger partial charge is 0.229 e. The lowest BCUT2D eigenvalue weighted by molar-refractivity contribution is 0.483. The van der Waals surface area contributed by atoms with E-state index in [1.807, 2.05) is 73.7 Å². The first-order valence-electron chi connectivity index (χ1n) is 8.87. The third kappa shape index (κ3) is 4.42. The molecule has 0 aliphatic rings. The van der Waals surface area contributed by atoms with Crippen molar-refractivity contribution >= 4 is 23.1 Å². The number of nitrogens with zero attached hydrogens (tertiary/aromatic N) is 3. The van der Waals surface area contributed by atoms with Gasteiger partial charge < -0.3 is 15.4 Å². The summed E-state index contributed by atoms with van der Waals surface area (Å²) in [7, 11) is 0. The number of benzene rings is 2. The molecule has 2 heterocycles. The average Bonchev–Trinajstić information content (AvgIpc) is 2.73. The third-order valence-electron chi connectivity index (χ3n) is 3.99. The second-order valence-corrected chi connectivity index (χ2v) is 6.16. The van der Waals surface area contributed by atoms with Crippen molar-refractivity contribution in [1.82, 2.24) is 15.0 Å². The summed E-state index contributed by atoms with van der Waals surface area (Å²) in [5.41, 5.74) is 2.69. The molecule has 6 nitrogen and oxygen atoms in total. The van der Waals surface area contributed by atoms with E-state index in [2.05, 4.69) is 25.6 Å². The third-order valence-corrected chi connectivity index (χ3v) is 3.99. The second kappa shape index (κ2) is 8.18. The molecule has 0 saturated carbocycles. The van der Waals surface area contributed by atoms with Crippen LogP contribution in [0.15, 0.2) is 85.3 Å². The van der Waals surface area contributed by atoms with E-state index in [0.717, 1.165) is 34.3 Å². The van der Waals surface area contributed by atoms with Gasteiger partial charge in [0.2, 0.25) is 5.95 Å². The Hall–Kier alpha value is -3.93. The highest BCUT2D eigenvalue weighted by atomic mass is 16.5. The average molecular weight is 369 g/mol. The van der Waals surface area contributed by atoms with E-state index in [4.69, 9.17) is 4.74 Å². The molecule has 2 N–H and O–H groups in total. The SMILES string of the molecule is Cc1cnc(Nc2cccnc2)nc1Nc1ccc(Oc2ccccc2)cc1. The lowest BCUT2D eigenvalue weighted by Gasteiger charge is -2.11. The van der Waals surface area contributed by atoms with Gasteiger partial charge in [-0.15, -0.1) is 0 Å². The fourth-order valence-corrected chi connectivity index (χ4v) is 2.56. The van der Waals surface area contributed by atoms with Crippen molar-refractivity contribution in [1.29, 1.82) is 0 Å². The van der Waals surface area contributed by atoms with Crippen LogP contribution in [-0.2, 0) is 0 Å². The number of para-hydroxylation sites is 1. The maximum absolute atomic E-state index is 5.82. The quantitative estimate of drug-likeness (QED) is 0.470. The molecule has 0 spiro atoms. The summed E-state index contributed by atoms with van der Waals surface area (Å²) in [5, 5.41) is 6.48. The summed E-state index contributed by atoms with van der Waals surface area (Å²) in [6.07, 6.45) is 5.22. The van der Waals surface area contributed by atoms with E-state index in [0.29, 0.717) is 5.95 Å². The molecule has 0 aliphatic carbocycles. The molecule has 0 radical (unpaired) electrons. The van der Waals surface area contributed by atoms with Gasteiger partial charge in [-0.1, -0.05) is 18.2 Å². The van der Waals surface area contributed by atoms with Crippen molar-refractivity contribution in [2.24, 2.45) is 0 Å². The molecule has 4 rings (SSSR count). The highest BCUT2D eigenvalue weighted by Gasteiger charge is 2.06. The van der Waals surface area contributed by atoms with Gasteiger partial charge >= 0.3 is 0 Å². The number of anilines is 4. The second-order valence-electron chi connectivity index (χ2n) is 6.16. The van der Waals surface area contributed by atoms with Crippen LogP contribution in [0.3, 0.4) is 0 Å². The number of ether oxygens (including phenoxy) is 1. The molecule has 2 aromatic heterocycles. The Morgan fingerprint density at radius 1 is 0.750 bits per heavy atom. The number of pyridine rings is 1. The topological polar surface area (TPSA) is 72.0 Å². The highest BCUT2D eigenvalue weighted by molar-refractivity contribution is 5.62. The first-order valence-corrected chi connectivity index (χ1v) is 8.87. The van der Waals surface area contributed by atoms with Crippen molar-refractivity contribution in [3.05, 3.63) is 90.9 Å². The van der Waals surface area contributed by atoms with Crippen LogP contribution in [-0.4, -0.2) is 15.0 Å². The molecule has 4 aromatic rings. The molecular formula is C22H19N5O. The van der Waals surface area contributed by atoms with Crippen LogP contribution < -0.4 is 15.4 Å². The zero-order chi connectivity index (χ0) is 19.2. The van der Waals surface area contributed by atoms with E-state index in [1.54, 1.807) is 18.6 Å². The predicted molar refractivity (Wildman–Crippen MR) is 111 cm³/mol. The highest BCUT2D eigenvalue weighted by Crippen LogP contribution is 2.25. The summed E-state index contributed by atoms with van der Waals surface area (Å²) >= 11 is 0. The van der Waals surface area contributed by atoms with Gasteiger partial charge in [0.25, 0.3) is 0 Å². The molecule has 0 saturated heterocycles. The van der Waals surface area contributed by atoms with E-state index in [-0.39, 0.29) is 0 Å². The Balaban J connectivity index is 1.47. The fourth-order valence-electron chi connectivity index (χ4n) is 2.56. The summed E-state index contributed by atoms with van der Waals surface area (Å²) in [4.78, 5) is 13.0. The first-order chi connectivity index (χ1) is 13.8. The Labute approximate surface area is 163 Å². The van der Waals surface area contributed by atoms with Crippen LogP contribution in [0.4, 0.5) is 23.1 Å². The molecule has 0 amide bonds. The lowest BCUT2D eigenvalue weighted by atomic mass is 10.2. The minimum absolute atomic E-state index is 0.505. The Kier molecular flexibility index (Phi) is 5.11. The number of aryl methyl sites for hydroxylation is 1. The van der Waals surface area contributed by atoms with Crippen LogP contribution >= 0.6 is 0 Å². The first kappa shape index (κ1) is 17.5. The van der Waals surface area contributed by atoms with Crippen molar-refractivity contribution in [2.75, 3.05) is 10.6 Å². The number of aromatic nitrogens is 3. The Bertz CT molecular complexity index is 1040. The zero-order valence-electron chi connectivity index (χ0n) is 15.3. The van der Waals surface area contributed by atoms with Gasteiger partial charge in [-0.2, -0.15) is 4.98 Å². The number of nitrogens with one attached hydrogen (secondary N) is 2. The normalized spacial score (nSPS) is 10.3.